The maximum Gasteiger partial charge on any atom is 0.306 e. The normalized spacial score (nSPS) is 38.9. The molecular formula is C15H24O5. The number of esters is 1. The van der Waals surface area contributed by atoms with Crippen molar-refractivity contribution in [2.24, 2.45) is 5.92 Å². The highest BCUT2D eigenvalue weighted by molar-refractivity contribution is 5.69. The van der Waals surface area contributed by atoms with Gasteiger partial charge in [-0.1, -0.05) is 6.42 Å². The molecule has 0 aromatic heterocycles. The fourth-order valence-electron chi connectivity index (χ4n) is 3.86. The topological polar surface area (TPSA) is 65.0 Å². The van der Waals surface area contributed by atoms with Crippen LogP contribution in [0.3, 0.4) is 0 Å². The molecule has 3 aliphatic rings. The zero-order chi connectivity index (χ0) is 14.2. The van der Waals surface area contributed by atoms with Crippen LogP contribution >= 0.6 is 0 Å². The van der Waals surface area contributed by atoms with Gasteiger partial charge in [-0.05, 0) is 26.2 Å². The Kier molecular flexibility index (Phi) is 4.02. The number of ether oxygens (including phenoxy) is 3. The lowest BCUT2D eigenvalue weighted by atomic mass is 9.94. The molecule has 0 unspecified atom stereocenters. The molecule has 4 atom stereocenters. The van der Waals surface area contributed by atoms with Crippen LogP contribution in [-0.2, 0) is 19.0 Å². The summed E-state index contributed by atoms with van der Waals surface area (Å²) in [6.45, 7) is 2.19. The summed E-state index contributed by atoms with van der Waals surface area (Å²) in [6, 6.07) is 0. The van der Waals surface area contributed by atoms with Crippen molar-refractivity contribution in [3.63, 3.8) is 0 Å². The van der Waals surface area contributed by atoms with E-state index in [1.165, 1.54) is 6.42 Å². The van der Waals surface area contributed by atoms with E-state index in [9.17, 15) is 9.90 Å². The summed E-state index contributed by atoms with van der Waals surface area (Å²) in [5.74, 6) is -0.698. The van der Waals surface area contributed by atoms with Crippen LogP contribution in [0.2, 0.25) is 0 Å². The average molecular weight is 284 g/mol. The van der Waals surface area contributed by atoms with E-state index in [2.05, 4.69) is 0 Å². The molecule has 1 heterocycles. The van der Waals surface area contributed by atoms with E-state index in [1.807, 2.05) is 0 Å². The molecule has 20 heavy (non-hydrogen) atoms. The van der Waals surface area contributed by atoms with Gasteiger partial charge < -0.3 is 19.3 Å². The average Bonchev–Trinajstić information content (AvgIpc) is 2.90. The predicted molar refractivity (Wildman–Crippen MR) is 70.9 cm³/mol. The van der Waals surface area contributed by atoms with Gasteiger partial charge in [0.15, 0.2) is 5.79 Å². The van der Waals surface area contributed by atoms with Crippen LogP contribution in [-0.4, -0.2) is 41.8 Å². The van der Waals surface area contributed by atoms with Crippen molar-refractivity contribution in [3.8, 4) is 0 Å². The van der Waals surface area contributed by atoms with Crippen molar-refractivity contribution in [2.75, 3.05) is 6.61 Å². The highest BCUT2D eigenvalue weighted by atomic mass is 16.8. The Hall–Kier alpha value is -0.650. The van der Waals surface area contributed by atoms with Gasteiger partial charge in [-0.2, -0.15) is 0 Å². The van der Waals surface area contributed by atoms with E-state index < -0.39 is 11.9 Å². The van der Waals surface area contributed by atoms with Crippen molar-refractivity contribution in [1.82, 2.24) is 0 Å². The van der Waals surface area contributed by atoms with Crippen LogP contribution in [0.1, 0.15) is 51.9 Å². The van der Waals surface area contributed by atoms with E-state index in [0.717, 1.165) is 25.7 Å². The fraction of sp³-hybridized carbons (Fsp3) is 0.933. The minimum absolute atomic E-state index is 0.00958. The van der Waals surface area contributed by atoms with E-state index in [1.54, 1.807) is 6.92 Å². The number of aliphatic hydroxyl groups excluding tert-OH is 1. The first kappa shape index (κ1) is 14.3. The van der Waals surface area contributed by atoms with Crippen molar-refractivity contribution in [3.05, 3.63) is 0 Å². The molecule has 5 nitrogen and oxygen atoms in total. The zero-order valence-corrected chi connectivity index (χ0v) is 12.0. The molecule has 1 N–H and O–H groups in total. The van der Waals surface area contributed by atoms with Crippen molar-refractivity contribution >= 4 is 5.97 Å². The Labute approximate surface area is 119 Å². The lowest BCUT2D eigenvalue weighted by molar-refractivity contribution is -0.210. The Morgan fingerprint density at radius 3 is 2.65 bits per heavy atom. The zero-order valence-electron chi connectivity index (χ0n) is 12.0. The van der Waals surface area contributed by atoms with Crippen molar-refractivity contribution < 1.29 is 24.1 Å². The van der Waals surface area contributed by atoms with Crippen LogP contribution in [0.25, 0.3) is 0 Å². The summed E-state index contributed by atoms with van der Waals surface area (Å²) < 4.78 is 17.3. The molecule has 5 heteroatoms. The number of aliphatic hydroxyl groups is 1. The molecule has 1 spiro atoms. The molecule has 2 saturated carbocycles. The monoisotopic (exact) mass is 284 g/mol. The third-order valence-electron chi connectivity index (χ3n) is 4.76. The van der Waals surface area contributed by atoms with Gasteiger partial charge in [0.2, 0.25) is 0 Å². The van der Waals surface area contributed by atoms with E-state index in [4.69, 9.17) is 14.2 Å². The molecule has 0 amide bonds. The maximum absolute atomic E-state index is 11.7. The molecule has 0 aromatic carbocycles. The molecule has 1 aliphatic heterocycles. The van der Waals surface area contributed by atoms with Crippen LogP contribution < -0.4 is 0 Å². The largest absolute Gasteiger partial charge is 0.466 e. The predicted octanol–water partition coefficient (Wildman–Crippen LogP) is 1.76. The summed E-state index contributed by atoms with van der Waals surface area (Å²) in [5.41, 5.74) is 0. The van der Waals surface area contributed by atoms with Gasteiger partial charge in [-0.15, -0.1) is 0 Å². The Balaban J connectivity index is 1.66. The highest BCUT2D eigenvalue weighted by Crippen LogP contribution is 2.48. The molecule has 1 saturated heterocycles. The van der Waals surface area contributed by atoms with Gasteiger partial charge in [0.25, 0.3) is 0 Å². The quantitative estimate of drug-likeness (QED) is 0.800. The molecule has 3 fully saturated rings. The molecule has 3 rings (SSSR count). The first-order chi connectivity index (χ1) is 9.63. The number of carbonyl (C=O) groups excluding carboxylic acids is 1. The smallest absolute Gasteiger partial charge is 0.306 e. The molecule has 0 bridgehead atoms. The summed E-state index contributed by atoms with van der Waals surface area (Å²) in [4.78, 5) is 11.7. The number of carbonyl (C=O) groups is 1. The second-order valence-corrected chi connectivity index (χ2v) is 6.21. The van der Waals surface area contributed by atoms with Crippen LogP contribution in [0, 0.1) is 5.92 Å². The third kappa shape index (κ3) is 2.59. The Bertz CT molecular complexity index is 363. The number of hydrogen-bond donors (Lipinski definition) is 1. The number of hydrogen-bond acceptors (Lipinski definition) is 5. The van der Waals surface area contributed by atoms with Gasteiger partial charge in [-0.3, -0.25) is 4.79 Å². The molecule has 114 valence electrons. The summed E-state index contributed by atoms with van der Waals surface area (Å²) >= 11 is 0. The highest BCUT2D eigenvalue weighted by Gasteiger charge is 2.57. The number of rotatable bonds is 3. The minimum atomic E-state index is -0.527. The van der Waals surface area contributed by atoms with Crippen LogP contribution in [0.15, 0.2) is 0 Å². The maximum atomic E-state index is 11.7. The van der Waals surface area contributed by atoms with E-state index >= 15 is 0 Å². The van der Waals surface area contributed by atoms with Gasteiger partial charge in [0.05, 0.1) is 25.2 Å². The third-order valence-corrected chi connectivity index (χ3v) is 4.76. The summed E-state index contributed by atoms with van der Waals surface area (Å²) in [5, 5.41) is 10.2. The SMILES string of the molecule is CCOC(=O)C[C@@H]1C[C@@H](O)[C@H]2OC3(CCCCC3)O[C@@H]12. The first-order valence-corrected chi connectivity index (χ1v) is 7.83. The molecular weight excluding hydrogens is 260 g/mol. The summed E-state index contributed by atoms with van der Waals surface area (Å²) in [6.07, 6.45) is 5.16. The van der Waals surface area contributed by atoms with E-state index in [-0.39, 0.29) is 24.1 Å². The minimum Gasteiger partial charge on any atom is -0.466 e. The second kappa shape index (κ2) is 5.62. The number of fused-ring (bicyclic) bond motifs is 1. The van der Waals surface area contributed by atoms with Gasteiger partial charge in [-0.25, -0.2) is 0 Å². The van der Waals surface area contributed by atoms with Crippen LogP contribution in [0.4, 0.5) is 0 Å². The second-order valence-electron chi connectivity index (χ2n) is 6.21. The standard InChI is InChI=1S/C15H24O5/c1-2-18-12(17)9-10-8-11(16)14-13(10)19-15(20-14)6-4-3-5-7-15/h10-11,13-14,16H,2-9H2,1H3/t10-,11+,13-,14+/m0/s1. The Morgan fingerprint density at radius 1 is 1.25 bits per heavy atom. The van der Waals surface area contributed by atoms with Gasteiger partial charge in [0.1, 0.15) is 6.10 Å². The van der Waals surface area contributed by atoms with E-state index in [0.29, 0.717) is 19.4 Å². The van der Waals surface area contributed by atoms with Crippen LogP contribution in [0.5, 0.6) is 0 Å². The lowest BCUT2D eigenvalue weighted by Gasteiger charge is -2.33. The van der Waals surface area contributed by atoms with Gasteiger partial charge in [0, 0.05) is 18.8 Å². The molecule has 2 aliphatic carbocycles. The first-order valence-electron chi connectivity index (χ1n) is 7.83. The lowest BCUT2D eigenvalue weighted by Crippen LogP contribution is -2.36. The van der Waals surface area contributed by atoms with Crippen molar-refractivity contribution in [1.29, 1.82) is 0 Å². The fourth-order valence-corrected chi connectivity index (χ4v) is 3.86. The molecule has 0 radical (unpaired) electrons. The Morgan fingerprint density at radius 2 is 1.95 bits per heavy atom. The molecule has 0 aromatic rings. The van der Waals surface area contributed by atoms with Crippen molar-refractivity contribution in [2.45, 2.75) is 76.0 Å². The van der Waals surface area contributed by atoms with Gasteiger partial charge >= 0.3 is 5.97 Å². The summed E-state index contributed by atoms with van der Waals surface area (Å²) in [7, 11) is 0.